The van der Waals surface area contributed by atoms with Crippen LogP contribution in [0.5, 0.6) is 11.5 Å². The Morgan fingerprint density at radius 1 is 1.04 bits per heavy atom. The molecule has 2 rings (SSSR count). The summed E-state index contributed by atoms with van der Waals surface area (Å²) in [6, 6.07) is 16.5. The van der Waals surface area contributed by atoms with Gasteiger partial charge in [-0.25, -0.2) is 0 Å². The summed E-state index contributed by atoms with van der Waals surface area (Å²) in [4.78, 5) is 1.07. The summed E-state index contributed by atoms with van der Waals surface area (Å²) >= 11 is 7.44. The summed E-state index contributed by atoms with van der Waals surface area (Å²) in [5.74, 6) is 1.89. The molecule has 1 unspecified atom stereocenters. The molecule has 1 atom stereocenters. The van der Waals surface area contributed by atoms with Gasteiger partial charge in [0.1, 0.15) is 4.75 Å². The van der Waals surface area contributed by atoms with Gasteiger partial charge >= 0.3 is 0 Å². The fraction of sp³-hybridized carbons (Fsp3) is 0.381. The van der Waals surface area contributed by atoms with Gasteiger partial charge in [0.05, 0.1) is 20.3 Å². The van der Waals surface area contributed by atoms with Crippen LogP contribution in [0.2, 0.25) is 0 Å². The van der Waals surface area contributed by atoms with Crippen molar-refractivity contribution in [2.75, 3.05) is 20.1 Å². The second kappa shape index (κ2) is 9.75. The minimum atomic E-state index is -0.707. The van der Waals surface area contributed by atoms with Crippen LogP contribution in [0.4, 0.5) is 0 Å². The molecule has 138 valence electrons. The average molecular weight is 390 g/mol. The van der Waals surface area contributed by atoms with Crippen molar-refractivity contribution in [3.8, 4) is 17.6 Å². The highest BCUT2D eigenvalue weighted by atomic mass is 35.5. The second-order valence-electron chi connectivity index (χ2n) is 6.07. The summed E-state index contributed by atoms with van der Waals surface area (Å²) in [7, 11) is 3.22. The Morgan fingerprint density at radius 3 is 2.31 bits per heavy atom. The standard InChI is InChI=1S/C21H24ClNO2S/c1-16-6-9-18(10-7-16)26-21(15-23,12-4-5-13-22)17-8-11-19(24-2)20(14-17)25-3/h6-11,14H,4-5,12-13H2,1-3H3. The molecule has 0 fully saturated rings. The number of hydrogen-bond donors (Lipinski definition) is 0. The third-order valence-corrected chi connectivity index (χ3v) is 5.91. The van der Waals surface area contributed by atoms with Gasteiger partial charge in [-0.2, -0.15) is 5.26 Å². The van der Waals surface area contributed by atoms with Crippen LogP contribution in [0.3, 0.4) is 0 Å². The van der Waals surface area contributed by atoms with E-state index >= 15 is 0 Å². The van der Waals surface area contributed by atoms with Gasteiger partial charge < -0.3 is 9.47 Å². The fourth-order valence-corrected chi connectivity index (χ4v) is 4.16. The molecule has 0 N–H and O–H groups in total. The van der Waals surface area contributed by atoms with E-state index in [4.69, 9.17) is 21.1 Å². The maximum atomic E-state index is 10.2. The molecule has 0 aliphatic carbocycles. The van der Waals surface area contributed by atoms with Crippen molar-refractivity contribution in [1.82, 2.24) is 0 Å². The lowest BCUT2D eigenvalue weighted by Gasteiger charge is -2.27. The molecule has 0 amide bonds. The van der Waals surface area contributed by atoms with Crippen LogP contribution in [0.15, 0.2) is 47.4 Å². The molecular formula is C21H24ClNO2S. The molecule has 0 heterocycles. The van der Waals surface area contributed by atoms with E-state index in [9.17, 15) is 5.26 Å². The third-order valence-electron chi connectivity index (χ3n) is 4.26. The number of methoxy groups -OCH3 is 2. The third kappa shape index (κ3) is 4.87. The molecule has 26 heavy (non-hydrogen) atoms. The van der Waals surface area contributed by atoms with Crippen LogP contribution >= 0.6 is 23.4 Å². The van der Waals surface area contributed by atoms with Gasteiger partial charge in [-0.05, 0) is 56.0 Å². The first kappa shape index (κ1) is 20.5. The molecule has 2 aromatic carbocycles. The number of alkyl halides is 1. The molecule has 0 bridgehead atoms. The molecule has 0 radical (unpaired) electrons. The van der Waals surface area contributed by atoms with E-state index in [1.54, 1.807) is 26.0 Å². The Hall–Kier alpha value is -1.83. The van der Waals surface area contributed by atoms with E-state index in [0.29, 0.717) is 23.8 Å². The van der Waals surface area contributed by atoms with Crippen LogP contribution in [-0.2, 0) is 4.75 Å². The molecule has 0 spiro atoms. The van der Waals surface area contributed by atoms with Crippen LogP contribution in [0.25, 0.3) is 0 Å². The van der Waals surface area contributed by atoms with Crippen LogP contribution in [0, 0.1) is 18.3 Å². The monoisotopic (exact) mass is 389 g/mol. The molecule has 0 saturated heterocycles. The summed E-state index contributed by atoms with van der Waals surface area (Å²) < 4.78 is 10.1. The van der Waals surface area contributed by atoms with E-state index in [-0.39, 0.29) is 0 Å². The summed E-state index contributed by atoms with van der Waals surface area (Å²) in [6.45, 7) is 2.06. The lowest BCUT2D eigenvalue weighted by molar-refractivity contribution is 0.354. The Balaban J connectivity index is 2.44. The van der Waals surface area contributed by atoms with Crippen molar-refractivity contribution in [1.29, 1.82) is 5.26 Å². The summed E-state index contributed by atoms with van der Waals surface area (Å²) in [6.07, 6.45) is 2.47. The van der Waals surface area contributed by atoms with E-state index in [1.165, 1.54) is 5.56 Å². The van der Waals surface area contributed by atoms with Crippen molar-refractivity contribution in [3.05, 3.63) is 53.6 Å². The highest BCUT2D eigenvalue weighted by Crippen LogP contribution is 2.46. The fourth-order valence-electron chi connectivity index (χ4n) is 2.76. The number of halogens is 1. The number of aryl methyl sites for hydroxylation is 1. The van der Waals surface area contributed by atoms with Crippen molar-refractivity contribution in [2.24, 2.45) is 0 Å². The summed E-state index contributed by atoms with van der Waals surface area (Å²) in [5.41, 5.74) is 2.11. The van der Waals surface area contributed by atoms with E-state index in [1.807, 2.05) is 18.2 Å². The first-order valence-corrected chi connectivity index (χ1v) is 9.89. The van der Waals surface area contributed by atoms with Gasteiger partial charge in [0, 0.05) is 10.8 Å². The molecule has 0 aromatic heterocycles. The Morgan fingerprint density at radius 2 is 1.73 bits per heavy atom. The van der Waals surface area contributed by atoms with Gasteiger partial charge in [0.2, 0.25) is 0 Å². The van der Waals surface area contributed by atoms with Crippen LogP contribution in [-0.4, -0.2) is 20.1 Å². The number of nitrogens with zero attached hydrogens (tertiary/aromatic N) is 1. The zero-order valence-electron chi connectivity index (χ0n) is 15.4. The van der Waals surface area contributed by atoms with E-state index in [0.717, 1.165) is 23.3 Å². The molecule has 0 aliphatic rings. The number of benzene rings is 2. The van der Waals surface area contributed by atoms with E-state index in [2.05, 4.69) is 37.3 Å². The highest BCUT2D eigenvalue weighted by Gasteiger charge is 2.34. The molecule has 2 aromatic rings. The molecule has 0 saturated carbocycles. The van der Waals surface area contributed by atoms with Gasteiger partial charge in [0.25, 0.3) is 0 Å². The van der Waals surface area contributed by atoms with Gasteiger partial charge in [-0.15, -0.1) is 11.6 Å². The predicted octanol–water partition coefficient (Wildman–Crippen LogP) is 5.93. The molecule has 5 heteroatoms. The quantitative estimate of drug-likeness (QED) is 0.302. The molecule has 0 aliphatic heterocycles. The van der Waals surface area contributed by atoms with Gasteiger partial charge in [-0.1, -0.05) is 35.5 Å². The lowest BCUT2D eigenvalue weighted by atomic mass is 9.93. The van der Waals surface area contributed by atoms with Crippen LogP contribution < -0.4 is 9.47 Å². The first-order valence-electron chi connectivity index (χ1n) is 8.54. The Kier molecular flexibility index (Phi) is 7.68. The maximum absolute atomic E-state index is 10.2. The van der Waals surface area contributed by atoms with Gasteiger partial charge in [-0.3, -0.25) is 0 Å². The predicted molar refractivity (Wildman–Crippen MR) is 108 cm³/mol. The van der Waals surface area contributed by atoms with Gasteiger partial charge in [0.15, 0.2) is 11.5 Å². The molecule has 3 nitrogen and oxygen atoms in total. The number of thioether (sulfide) groups is 1. The average Bonchev–Trinajstić information content (AvgIpc) is 2.68. The second-order valence-corrected chi connectivity index (χ2v) is 7.82. The normalized spacial score (nSPS) is 12.9. The number of rotatable bonds is 9. The largest absolute Gasteiger partial charge is 0.493 e. The van der Waals surface area contributed by atoms with Crippen molar-refractivity contribution < 1.29 is 9.47 Å². The van der Waals surface area contributed by atoms with Crippen molar-refractivity contribution in [2.45, 2.75) is 35.8 Å². The van der Waals surface area contributed by atoms with Crippen LogP contribution in [0.1, 0.15) is 30.4 Å². The Labute approximate surface area is 165 Å². The topological polar surface area (TPSA) is 42.2 Å². The number of nitriles is 1. The van der Waals surface area contributed by atoms with Crippen molar-refractivity contribution in [3.63, 3.8) is 0 Å². The SMILES string of the molecule is COc1ccc(C(C#N)(CCCCCl)Sc2ccc(C)cc2)cc1OC. The Bertz CT molecular complexity index is 758. The van der Waals surface area contributed by atoms with E-state index < -0.39 is 4.75 Å². The number of hydrogen-bond acceptors (Lipinski definition) is 4. The minimum absolute atomic E-state index is 0.600. The highest BCUT2D eigenvalue weighted by molar-refractivity contribution is 8.00. The molecular weight excluding hydrogens is 366 g/mol. The smallest absolute Gasteiger partial charge is 0.161 e. The lowest BCUT2D eigenvalue weighted by Crippen LogP contribution is -2.20. The minimum Gasteiger partial charge on any atom is -0.493 e. The zero-order chi connectivity index (χ0) is 19.0. The number of ether oxygens (including phenoxy) is 2. The summed E-state index contributed by atoms with van der Waals surface area (Å²) in [5, 5.41) is 10.2. The zero-order valence-corrected chi connectivity index (χ0v) is 17.0. The maximum Gasteiger partial charge on any atom is 0.161 e. The first-order chi connectivity index (χ1) is 12.6. The van der Waals surface area contributed by atoms with Crippen molar-refractivity contribution >= 4 is 23.4 Å². The number of unbranched alkanes of at least 4 members (excludes halogenated alkanes) is 1.